The third kappa shape index (κ3) is 5.27. The SMILES string of the molecule is C[CH]C(C)(C)C(=O)NC(=O)c1c[nH]c2ncc(-c3ccc(C(=O)NCc4ccc(F)cc4)s3)nc12. The summed E-state index contributed by atoms with van der Waals surface area (Å²) < 4.78 is 13.0. The largest absolute Gasteiger partial charge is 0.347 e. The van der Waals surface area contributed by atoms with E-state index in [9.17, 15) is 18.8 Å². The topological polar surface area (TPSA) is 117 Å². The van der Waals surface area contributed by atoms with E-state index in [-0.39, 0.29) is 23.8 Å². The Balaban J connectivity index is 1.51. The maximum Gasteiger partial charge on any atom is 0.261 e. The van der Waals surface area contributed by atoms with Crippen molar-refractivity contribution < 1.29 is 18.8 Å². The Morgan fingerprint density at radius 1 is 1.11 bits per heavy atom. The highest BCUT2D eigenvalue weighted by Crippen LogP contribution is 2.28. The predicted molar refractivity (Wildman–Crippen MR) is 131 cm³/mol. The fourth-order valence-electron chi connectivity index (χ4n) is 3.12. The fourth-order valence-corrected chi connectivity index (χ4v) is 3.99. The third-order valence-electron chi connectivity index (χ3n) is 5.61. The summed E-state index contributed by atoms with van der Waals surface area (Å²) in [4.78, 5) is 50.6. The van der Waals surface area contributed by atoms with Gasteiger partial charge in [0, 0.05) is 18.2 Å². The molecule has 3 amide bonds. The average molecular weight is 493 g/mol. The second kappa shape index (κ2) is 9.75. The van der Waals surface area contributed by atoms with Gasteiger partial charge in [-0.15, -0.1) is 11.3 Å². The Morgan fingerprint density at radius 3 is 2.57 bits per heavy atom. The van der Waals surface area contributed by atoms with E-state index in [0.29, 0.717) is 26.6 Å². The van der Waals surface area contributed by atoms with Crippen molar-refractivity contribution in [2.75, 3.05) is 0 Å². The summed E-state index contributed by atoms with van der Waals surface area (Å²) in [5.41, 5.74) is 1.39. The number of nitrogens with zero attached hydrogens (tertiary/aromatic N) is 2. The standard InChI is InChI=1S/C25H23FN5O3S/c1-4-25(2,3)24(34)31-22(32)16-12-27-21-20(16)30-17(13-28-21)18-9-10-19(35-18)23(33)29-11-14-5-7-15(26)8-6-14/h4-10,12-13H,11H2,1-3H3,(H,27,28)(H,29,33)(H,31,32,34). The lowest BCUT2D eigenvalue weighted by Gasteiger charge is -2.20. The lowest BCUT2D eigenvalue weighted by molar-refractivity contribution is -0.126. The first kappa shape index (κ1) is 24.2. The summed E-state index contributed by atoms with van der Waals surface area (Å²) in [7, 11) is 0. The predicted octanol–water partition coefficient (Wildman–Crippen LogP) is 4.26. The van der Waals surface area contributed by atoms with Gasteiger partial charge in [-0.1, -0.05) is 32.9 Å². The molecule has 0 aliphatic carbocycles. The molecule has 0 atom stereocenters. The van der Waals surface area contributed by atoms with E-state index in [1.165, 1.54) is 29.7 Å². The van der Waals surface area contributed by atoms with Gasteiger partial charge in [0.2, 0.25) is 5.91 Å². The van der Waals surface area contributed by atoms with E-state index in [1.54, 1.807) is 57.7 Å². The number of hydrogen-bond acceptors (Lipinski definition) is 6. The number of carbonyl (C=O) groups excluding carboxylic acids is 3. The number of thiophene rings is 1. The maximum atomic E-state index is 13.0. The van der Waals surface area contributed by atoms with Crippen molar-refractivity contribution in [3.8, 4) is 10.6 Å². The second-order valence-corrected chi connectivity index (χ2v) is 9.51. The number of hydrogen-bond donors (Lipinski definition) is 3. The van der Waals surface area contributed by atoms with Crippen LogP contribution in [-0.2, 0) is 11.3 Å². The molecule has 3 aromatic heterocycles. The summed E-state index contributed by atoms with van der Waals surface area (Å²) in [6.45, 7) is 5.46. The van der Waals surface area contributed by atoms with Crippen LogP contribution in [-0.4, -0.2) is 32.7 Å². The van der Waals surface area contributed by atoms with Gasteiger partial charge >= 0.3 is 0 Å². The minimum absolute atomic E-state index is 0.198. The van der Waals surface area contributed by atoms with Gasteiger partial charge in [0.1, 0.15) is 11.3 Å². The number of carbonyl (C=O) groups is 3. The minimum atomic E-state index is -0.802. The number of fused-ring (bicyclic) bond motifs is 1. The number of aromatic nitrogens is 3. The van der Waals surface area contributed by atoms with Crippen LogP contribution in [0, 0.1) is 17.7 Å². The molecular formula is C25H23FN5O3S. The zero-order valence-electron chi connectivity index (χ0n) is 19.3. The van der Waals surface area contributed by atoms with Crippen molar-refractivity contribution in [1.29, 1.82) is 0 Å². The minimum Gasteiger partial charge on any atom is -0.347 e. The van der Waals surface area contributed by atoms with E-state index in [0.717, 1.165) is 5.56 Å². The molecule has 0 saturated carbocycles. The molecule has 0 bridgehead atoms. The lowest BCUT2D eigenvalue weighted by Crippen LogP contribution is -2.40. The molecule has 4 aromatic rings. The Morgan fingerprint density at radius 2 is 1.86 bits per heavy atom. The van der Waals surface area contributed by atoms with E-state index in [1.807, 2.05) is 0 Å². The van der Waals surface area contributed by atoms with Crippen LogP contribution in [0.1, 0.15) is 46.4 Å². The molecule has 10 heteroatoms. The zero-order chi connectivity index (χ0) is 25.2. The first-order chi connectivity index (χ1) is 16.7. The van der Waals surface area contributed by atoms with Crippen molar-refractivity contribution in [1.82, 2.24) is 25.6 Å². The number of aromatic amines is 1. The van der Waals surface area contributed by atoms with Crippen LogP contribution < -0.4 is 10.6 Å². The van der Waals surface area contributed by atoms with Gasteiger partial charge in [-0.2, -0.15) is 0 Å². The molecule has 0 fully saturated rings. The molecule has 0 saturated heterocycles. The summed E-state index contributed by atoms with van der Waals surface area (Å²) in [5, 5.41) is 5.21. The average Bonchev–Trinajstić information content (AvgIpc) is 3.50. The molecule has 179 valence electrons. The van der Waals surface area contributed by atoms with Crippen molar-refractivity contribution >= 4 is 40.2 Å². The number of halogens is 1. The first-order valence-electron chi connectivity index (χ1n) is 10.8. The van der Waals surface area contributed by atoms with Gasteiger partial charge in [-0.05, 0) is 36.2 Å². The molecule has 8 nitrogen and oxygen atoms in total. The first-order valence-corrected chi connectivity index (χ1v) is 11.6. The monoisotopic (exact) mass is 492 g/mol. The van der Waals surface area contributed by atoms with Gasteiger partial charge in [0.15, 0.2) is 5.65 Å². The van der Waals surface area contributed by atoms with Crippen LogP contribution in [0.25, 0.3) is 21.7 Å². The number of amides is 3. The van der Waals surface area contributed by atoms with Gasteiger partial charge in [0.25, 0.3) is 11.8 Å². The van der Waals surface area contributed by atoms with E-state index in [4.69, 9.17) is 0 Å². The maximum absolute atomic E-state index is 13.0. The zero-order valence-corrected chi connectivity index (χ0v) is 20.1. The van der Waals surface area contributed by atoms with Crippen molar-refractivity contribution in [2.45, 2.75) is 27.3 Å². The number of imide groups is 1. The summed E-state index contributed by atoms with van der Waals surface area (Å²) >= 11 is 1.23. The number of H-pyrrole nitrogens is 1. The quantitative estimate of drug-likeness (QED) is 0.356. The molecule has 0 aliphatic heterocycles. The fraction of sp³-hybridized carbons (Fsp3) is 0.200. The van der Waals surface area contributed by atoms with Crippen LogP contribution in [0.4, 0.5) is 4.39 Å². The molecule has 3 N–H and O–H groups in total. The molecule has 4 rings (SSSR count). The number of nitrogens with one attached hydrogen (secondary N) is 3. The van der Waals surface area contributed by atoms with E-state index in [2.05, 4.69) is 25.6 Å². The van der Waals surface area contributed by atoms with E-state index >= 15 is 0 Å². The molecule has 1 radical (unpaired) electrons. The molecule has 1 aromatic carbocycles. The van der Waals surface area contributed by atoms with Gasteiger partial charge < -0.3 is 10.3 Å². The smallest absolute Gasteiger partial charge is 0.261 e. The Labute approximate surface area is 205 Å². The van der Waals surface area contributed by atoms with Gasteiger partial charge in [-0.3, -0.25) is 19.7 Å². The second-order valence-electron chi connectivity index (χ2n) is 8.42. The molecule has 3 heterocycles. The Hall–Kier alpha value is -3.92. The van der Waals surface area contributed by atoms with Crippen LogP contribution in [0.15, 0.2) is 48.8 Å². The Bertz CT molecular complexity index is 1410. The Kier molecular flexibility index (Phi) is 6.74. The van der Waals surface area contributed by atoms with Crippen LogP contribution in [0.5, 0.6) is 0 Å². The van der Waals surface area contributed by atoms with Crippen molar-refractivity contribution in [2.24, 2.45) is 5.41 Å². The third-order valence-corrected chi connectivity index (χ3v) is 6.71. The lowest BCUT2D eigenvalue weighted by atomic mass is 9.89. The van der Waals surface area contributed by atoms with Crippen LogP contribution in [0.2, 0.25) is 0 Å². The molecule has 0 spiro atoms. The summed E-state index contributed by atoms with van der Waals surface area (Å²) in [6.07, 6.45) is 4.72. The summed E-state index contributed by atoms with van der Waals surface area (Å²) in [5.74, 6) is -1.60. The number of rotatable bonds is 7. The van der Waals surface area contributed by atoms with Gasteiger partial charge in [0.05, 0.1) is 27.2 Å². The van der Waals surface area contributed by atoms with Crippen LogP contribution >= 0.6 is 11.3 Å². The van der Waals surface area contributed by atoms with E-state index < -0.39 is 17.2 Å². The molecule has 0 unspecified atom stereocenters. The molecule has 0 aliphatic rings. The highest BCUT2D eigenvalue weighted by molar-refractivity contribution is 7.17. The highest BCUT2D eigenvalue weighted by atomic mass is 32.1. The molecular weight excluding hydrogens is 469 g/mol. The normalized spacial score (nSPS) is 11.4. The molecule has 35 heavy (non-hydrogen) atoms. The highest BCUT2D eigenvalue weighted by Gasteiger charge is 2.28. The van der Waals surface area contributed by atoms with Crippen molar-refractivity contribution in [3.63, 3.8) is 0 Å². The summed E-state index contributed by atoms with van der Waals surface area (Å²) in [6, 6.07) is 9.34. The van der Waals surface area contributed by atoms with Crippen molar-refractivity contribution in [3.05, 3.63) is 77.0 Å². The van der Waals surface area contributed by atoms with Crippen LogP contribution in [0.3, 0.4) is 0 Å². The number of benzene rings is 1. The van der Waals surface area contributed by atoms with Gasteiger partial charge in [-0.25, -0.2) is 14.4 Å².